The number of hydrogen-bond donors (Lipinski definition) is 2. The first-order chi connectivity index (χ1) is 12.8. The van der Waals surface area contributed by atoms with Crippen LogP contribution in [-0.4, -0.2) is 47.6 Å². The molecule has 1 aromatic carbocycles. The van der Waals surface area contributed by atoms with Gasteiger partial charge in [-0.2, -0.15) is 5.10 Å². The van der Waals surface area contributed by atoms with Crippen molar-refractivity contribution in [2.45, 2.75) is 38.5 Å². The van der Waals surface area contributed by atoms with Crippen LogP contribution in [0.4, 0.5) is 0 Å². The molecule has 2 heterocycles. The third kappa shape index (κ3) is 3.23. The number of carbonyl (C=O) groups is 1. The van der Waals surface area contributed by atoms with Crippen molar-refractivity contribution in [1.82, 2.24) is 10.2 Å². The lowest BCUT2D eigenvalue weighted by Crippen LogP contribution is -2.24. The summed E-state index contributed by atoms with van der Waals surface area (Å²) in [5, 5.41) is 20.4. The fourth-order valence-electron chi connectivity index (χ4n) is 3.25. The van der Waals surface area contributed by atoms with E-state index in [-0.39, 0.29) is 28.5 Å². The minimum Gasteiger partial charge on any atom is -0.493 e. The van der Waals surface area contributed by atoms with E-state index >= 15 is 0 Å². The van der Waals surface area contributed by atoms with E-state index in [1.165, 1.54) is 12.1 Å². The number of rotatable bonds is 5. The Balaban J connectivity index is 2.21. The Labute approximate surface area is 157 Å². The Bertz CT molecular complexity index is 1040. The lowest BCUT2D eigenvalue weighted by atomic mass is 9.92. The maximum atomic E-state index is 13.1. The van der Waals surface area contributed by atoms with Crippen molar-refractivity contribution in [3.8, 4) is 5.88 Å². The predicted molar refractivity (Wildman–Crippen MR) is 99.1 cm³/mol. The van der Waals surface area contributed by atoms with Crippen LogP contribution in [0.1, 0.15) is 53.0 Å². The molecule has 1 aliphatic heterocycles. The van der Waals surface area contributed by atoms with Crippen molar-refractivity contribution in [3.05, 3.63) is 40.1 Å². The summed E-state index contributed by atoms with van der Waals surface area (Å²) in [6.45, 7) is 5.64. The number of sulfone groups is 1. The summed E-state index contributed by atoms with van der Waals surface area (Å²) in [4.78, 5) is 18.3. The Kier molecular flexibility index (Phi) is 5.05. The molecule has 1 aromatic heterocycles. The van der Waals surface area contributed by atoms with Crippen LogP contribution < -0.4 is 0 Å². The Morgan fingerprint density at radius 2 is 2.11 bits per heavy atom. The van der Waals surface area contributed by atoms with Gasteiger partial charge in [0.15, 0.2) is 9.84 Å². The topological polar surface area (TPSA) is 122 Å². The van der Waals surface area contributed by atoms with Gasteiger partial charge in [0.05, 0.1) is 22.1 Å². The van der Waals surface area contributed by atoms with Gasteiger partial charge in [0.2, 0.25) is 11.7 Å². The minimum atomic E-state index is -3.46. The fourth-order valence-corrected chi connectivity index (χ4v) is 4.79. The van der Waals surface area contributed by atoms with Crippen LogP contribution in [-0.2, 0) is 21.1 Å². The molecular weight excluding hydrogens is 370 g/mol. The van der Waals surface area contributed by atoms with Crippen molar-refractivity contribution in [1.29, 1.82) is 0 Å². The predicted octanol–water partition coefficient (Wildman–Crippen LogP) is 2.14. The zero-order valence-corrected chi connectivity index (χ0v) is 16.2. The second kappa shape index (κ2) is 7.15. The molecule has 0 saturated carbocycles. The van der Waals surface area contributed by atoms with Crippen LogP contribution in [0.25, 0.3) is 0 Å². The van der Waals surface area contributed by atoms with Gasteiger partial charge in [-0.1, -0.05) is 12.1 Å². The monoisotopic (exact) mass is 391 g/mol. The third-order valence-corrected chi connectivity index (χ3v) is 6.34. The number of carbonyl (C=O) groups excluding carboxylic acids is 1. The molecule has 0 saturated heterocycles. The molecule has 3 rings (SSSR count). The molecule has 144 valence electrons. The number of H-pyrrole nitrogens is 1. The largest absolute Gasteiger partial charge is 0.493 e. The highest BCUT2D eigenvalue weighted by Gasteiger charge is 2.32. The fraction of sp³-hybridized carbons (Fsp3) is 0.389. The maximum absolute atomic E-state index is 13.1. The van der Waals surface area contributed by atoms with Crippen LogP contribution in [0.15, 0.2) is 22.2 Å². The van der Waals surface area contributed by atoms with Crippen molar-refractivity contribution >= 4 is 21.3 Å². The molecule has 9 heteroatoms. The zero-order chi connectivity index (χ0) is 19.8. The van der Waals surface area contributed by atoms with E-state index in [1.54, 1.807) is 13.8 Å². The number of aromatic hydroxyl groups is 1. The summed E-state index contributed by atoms with van der Waals surface area (Å²) in [7, 11) is -3.46. The first-order valence-electron chi connectivity index (χ1n) is 8.68. The van der Waals surface area contributed by atoms with E-state index in [0.29, 0.717) is 41.1 Å². The summed E-state index contributed by atoms with van der Waals surface area (Å²) in [6.07, 6.45) is 0.679. The molecule has 0 radical (unpaired) electrons. The summed E-state index contributed by atoms with van der Waals surface area (Å²) in [5.74, 6) is -0.775. The number of aromatic amines is 1. The minimum absolute atomic E-state index is 0.0544. The van der Waals surface area contributed by atoms with Gasteiger partial charge in [0.25, 0.3) is 0 Å². The van der Waals surface area contributed by atoms with E-state index in [9.17, 15) is 18.3 Å². The average molecular weight is 391 g/mol. The van der Waals surface area contributed by atoms with E-state index in [0.717, 1.165) is 0 Å². The number of oxime groups is 1. The van der Waals surface area contributed by atoms with Crippen LogP contribution in [0, 0.1) is 6.92 Å². The summed E-state index contributed by atoms with van der Waals surface area (Å²) >= 11 is 0. The Morgan fingerprint density at radius 1 is 1.37 bits per heavy atom. The Hall–Kier alpha value is -2.68. The quantitative estimate of drug-likeness (QED) is 0.595. The standard InChI is InChI=1S/C18H21N3O5S/c1-4-12-16(18(23)20-19-12)17(22)11-6-7-14-15(10(11)3)13(21-26-5-2)8-9-27(14,24)25/h6-7H,4-5,8-9H2,1-3H3,(H2,19,20,23). The second-order valence-corrected chi connectivity index (χ2v) is 8.29. The molecule has 0 aliphatic carbocycles. The van der Waals surface area contributed by atoms with Gasteiger partial charge in [0.1, 0.15) is 12.2 Å². The molecule has 0 spiro atoms. The molecule has 27 heavy (non-hydrogen) atoms. The van der Waals surface area contributed by atoms with Gasteiger partial charge in [-0.05, 0) is 38.0 Å². The normalized spacial score (nSPS) is 16.9. The van der Waals surface area contributed by atoms with Gasteiger partial charge >= 0.3 is 0 Å². The van der Waals surface area contributed by atoms with E-state index in [2.05, 4.69) is 15.4 Å². The lowest BCUT2D eigenvalue weighted by Gasteiger charge is -2.21. The van der Waals surface area contributed by atoms with E-state index < -0.39 is 15.6 Å². The van der Waals surface area contributed by atoms with Crippen LogP contribution in [0.2, 0.25) is 0 Å². The molecule has 0 amide bonds. The molecule has 0 fully saturated rings. The number of hydrogen-bond acceptors (Lipinski definition) is 7. The van der Waals surface area contributed by atoms with Crippen molar-refractivity contribution < 1.29 is 23.2 Å². The highest BCUT2D eigenvalue weighted by molar-refractivity contribution is 7.91. The second-order valence-electron chi connectivity index (χ2n) is 6.21. The van der Waals surface area contributed by atoms with Crippen LogP contribution >= 0.6 is 0 Å². The van der Waals surface area contributed by atoms with Gasteiger partial charge < -0.3 is 9.94 Å². The van der Waals surface area contributed by atoms with Gasteiger partial charge in [-0.15, -0.1) is 0 Å². The number of fused-ring (bicyclic) bond motifs is 1. The Morgan fingerprint density at radius 3 is 2.78 bits per heavy atom. The summed E-state index contributed by atoms with van der Waals surface area (Å²) in [6, 6.07) is 2.90. The SMILES string of the molecule is CCON=C1CCS(=O)(=O)c2ccc(C(=O)c3c(CC)n[nH]c3O)c(C)c21. The van der Waals surface area contributed by atoms with Crippen molar-refractivity contribution in [2.75, 3.05) is 12.4 Å². The molecule has 2 aromatic rings. The molecule has 2 N–H and O–H groups in total. The molecular formula is C18H21N3O5S. The molecule has 0 atom stereocenters. The van der Waals surface area contributed by atoms with Gasteiger partial charge in [-0.3, -0.25) is 4.79 Å². The smallest absolute Gasteiger partial charge is 0.218 e. The lowest BCUT2D eigenvalue weighted by molar-refractivity contribution is 0.103. The van der Waals surface area contributed by atoms with Gasteiger partial charge in [-0.25, -0.2) is 13.5 Å². The summed E-state index contributed by atoms with van der Waals surface area (Å²) < 4.78 is 24.9. The molecule has 0 unspecified atom stereocenters. The molecule has 1 aliphatic rings. The van der Waals surface area contributed by atoms with Crippen molar-refractivity contribution in [2.24, 2.45) is 5.16 Å². The number of nitrogens with one attached hydrogen (secondary N) is 1. The average Bonchev–Trinajstić information content (AvgIpc) is 3.01. The maximum Gasteiger partial charge on any atom is 0.218 e. The third-order valence-electron chi connectivity index (χ3n) is 4.59. The highest BCUT2D eigenvalue weighted by atomic mass is 32.2. The van der Waals surface area contributed by atoms with Crippen LogP contribution in [0.3, 0.4) is 0 Å². The van der Waals surface area contributed by atoms with Crippen LogP contribution in [0.5, 0.6) is 5.88 Å². The first-order valence-corrected chi connectivity index (χ1v) is 10.3. The zero-order valence-electron chi connectivity index (χ0n) is 15.4. The number of ketones is 1. The van der Waals surface area contributed by atoms with Crippen molar-refractivity contribution in [3.63, 3.8) is 0 Å². The highest BCUT2D eigenvalue weighted by Crippen LogP contribution is 2.32. The number of nitrogens with zero attached hydrogens (tertiary/aromatic N) is 2. The summed E-state index contributed by atoms with van der Waals surface area (Å²) in [5.41, 5.74) is 2.24. The number of aromatic nitrogens is 2. The first kappa shape index (κ1) is 19.1. The van der Waals surface area contributed by atoms with E-state index in [4.69, 9.17) is 4.84 Å². The number of aryl methyl sites for hydroxylation is 1. The van der Waals surface area contributed by atoms with Gasteiger partial charge in [0, 0.05) is 17.5 Å². The molecule has 8 nitrogen and oxygen atoms in total. The molecule has 0 bridgehead atoms. The van der Waals surface area contributed by atoms with E-state index in [1.807, 2.05) is 6.92 Å². The number of benzene rings is 1.